The lowest BCUT2D eigenvalue weighted by Gasteiger charge is -2.34. The maximum atomic E-state index is 12.8. The second kappa shape index (κ2) is 5.88. The van der Waals surface area contributed by atoms with Gasteiger partial charge in [-0.3, -0.25) is 9.59 Å². The van der Waals surface area contributed by atoms with Crippen LogP contribution in [0.15, 0.2) is 18.2 Å². The van der Waals surface area contributed by atoms with Gasteiger partial charge in [0.15, 0.2) is 17.9 Å². The molecule has 1 fully saturated rings. The largest absolute Gasteiger partial charge is 0.480 e. The van der Waals surface area contributed by atoms with E-state index in [2.05, 4.69) is 5.32 Å². The van der Waals surface area contributed by atoms with Gasteiger partial charge in [0.2, 0.25) is 0 Å². The Morgan fingerprint density at radius 2 is 2.17 bits per heavy atom. The maximum absolute atomic E-state index is 12.8. The van der Waals surface area contributed by atoms with Crippen molar-refractivity contribution in [3.8, 4) is 5.75 Å². The molecule has 2 amide bonds. The van der Waals surface area contributed by atoms with E-state index in [1.54, 1.807) is 25.1 Å². The number of hydrogen-bond donors (Lipinski definition) is 2. The molecule has 1 saturated heterocycles. The van der Waals surface area contributed by atoms with Gasteiger partial charge in [0.25, 0.3) is 11.8 Å². The van der Waals surface area contributed by atoms with Crippen molar-refractivity contribution in [2.24, 2.45) is 0 Å². The zero-order chi connectivity index (χ0) is 16.6. The summed E-state index contributed by atoms with van der Waals surface area (Å²) >= 11 is 0. The number of carbonyl (C=O) groups excluding carboxylic acids is 2. The quantitative estimate of drug-likeness (QED) is 0.814. The van der Waals surface area contributed by atoms with Gasteiger partial charge in [0.05, 0.1) is 24.5 Å². The van der Waals surface area contributed by atoms with Gasteiger partial charge in [-0.1, -0.05) is 6.07 Å². The number of amides is 2. The van der Waals surface area contributed by atoms with Gasteiger partial charge in [-0.25, -0.2) is 4.79 Å². The predicted octanol–water partition coefficient (Wildman–Crippen LogP) is 0.332. The van der Waals surface area contributed by atoms with E-state index in [1.807, 2.05) is 0 Å². The molecule has 2 N–H and O–H groups in total. The Morgan fingerprint density at radius 3 is 2.91 bits per heavy atom. The lowest BCUT2D eigenvalue weighted by Crippen LogP contribution is -2.52. The van der Waals surface area contributed by atoms with Crippen molar-refractivity contribution in [1.29, 1.82) is 0 Å². The zero-order valence-corrected chi connectivity index (χ0v) is 12.4. The minimum absolute atomic E-state index is 0.0515. The van der Waals surface area contributed by atoms with Crippen molar-refractivity contribution in [3.63, 3.8) is 0 Å². The Bertz CT molecular complexity index is 674. The number of carboxylic acids is 1. The van der Waals surface area contributed by atoms with Crippen LogP contribution in [0, 0.1) is 0 Å². The molecule has 2 atom stereocenters. The molecule has 0 bridgehead atoms. The number of morpholine rings is 1. The summed E-state index contributed by atoms with van der Waals surface area (Å²) in [5.41, 5.74) is 0.626. The highest BCUT2D eigenvalue weighted by Gasteiger charge is 2.36. The summed E-state index contributed by atoms with van der Waals surface area (Å²) in [6.07, 6.45) is -0.726. The van der Waals surface area contributed by atoms with Gasteiger partial charge < -0.3 is 24.8 Å². The minimum atomic E-state index is -1.12. The van der Waals surface area contributed by atoms with E-state index < -0.39 is 24.0 Å². The van der Waals surface area contributed by atoms with Crippen LogP contribution in [0.2, 0.25) is 0 Å². The van der Waals surface area contributed by atoms with Gasteiger partial charge in [-0.2, -0.15) is 0 Å². The number of nitrogens with one attached hydrogen (secondary N) is 1. The lowest BCUT2D eigenvalue weighted by atomic mass is 10.1. The van der Waals surface area contributed by atoms with Crippen LogP contribution in [0.5, 0.6) is 5.75 Å². The van der Waals surface area contributed by atoms with E-state index in [-0.39, 0.29) is 37.0 Å². The first-order valence-corrected chi connectivity index (χ1v) is 7.21. The Balaban J connectivity index is 1.95. The maximum Gasteiger partial charge on any atom is 0.328 e. The Kier molecular flexibility index (Phi) is 3.91. The van der Waals surface area contributed by atoms with Crippen molar-refractivity contribution in [2.75, 3.05) is 25.1 Å². The van der Waals surface area contributed by atoms with E-state index in [9.17, 15) is 19.5 Å². The van der Waals surface area contributed by atoms with Crippen LogP contribution in [0.4, 0.5) is 5.69 Å². The number of benzene rings is 1. The van der Waals surface area contributed by atoms with E-state index in [0.717, 1.165) is 0 Å². The second-order valence-electron chi connectivity index (χ2n) is 5.36. The van der Waals surface area contributed by atoms with Crippen LogP contribution in [0.3, 0.4) is 0 Å². The van der Waals surface area contributed by atoms with Crippen LogP contribution in [-0.2, 0) is 14.3 Å². The average molecular weight is 320 g/mol. The summed E-state index contributed by atoms with van der Waals surface area (Å²) < 4.78 is 10.7. The van der Waals surface area contributed by atoms with E-state index >= 15 is 0 Å². The Morgan fingerprint density at radius 1 is 1.39 bits per heavy atom. The highest BCUT2D eigenvalue weighted by Crippen LogP contribution is 2.34. The van der Waals surface area contributed by atoms with Crippen molar-refractivity contribution in [3.05, 3.63) is 23.8 Å². The molecule has 0 spiro atoms. The summed E-state index contributed by atoms with van der Waals surface area (Å²) in [5.74, 6) is -1.61. The van der Waals surface area contributed by atoms with Crippen molar-refractivity contribution in [1.82, 2.24) is 4.90 Å². The van der Waals surface area contributed by atoms with Gasteiger partial charge >= 0.3 is 5.97 Å². The summed E-state index contributed by atoms with van der Waals surface area (Å²) in [5, 5.41) is 11.9. The molecule has 0 radical (unpaired) electrons. The molecule has 122 valence electrons. The van der Waals surface area contributed by atoms with Crippen LogP contribution in [0.1, 0.15) is 17.3 Å². The van der Waals surface area contributed by atoms with Crippen LogP contribution in [0.25, 0.3) is 0 Å². The van der Waals surface area contributed by atoms with Crippen LogP contribution >= 0.6 is 0 Å². The van der Waals surface area contributed by atoms with E-state index in [0.29, 0.717) is 5.69 Å². The summed E-state index contributed by atoms with van der Waals surface area (Å²) in [4.78, 5) is 37.0. The first kappa shape index (κ1) is 15.3. The number of carbonyl (C=O) groups is 3. The molecule has 1 aromatic carbocycles. The van der Waals surface area contributed by atoms with Gasteiger partial charge in [-0.15, -0.1) is 0 Å². The SMILES string of the molecule is C[C@@H]1Oc2c(cccc2C(=O)N2CCOC[C@@H]2C(=O)O)NC1=O. The average Bonchev–Trinajstić information content (AvgIpc) is 2.54. The van der Waals surface area contributed by atoms with Crippen molar-refractivity contribution in [2.45, 2.75) is 19.1 Å². The van der Waals surface area contributed by atoms with Crippen molar-refractivity contribution >= 4 is 23.5 Å². The number of anilines is 1. The molecule has 2 heterocycles. The third-order valence-electron chi connectivity index (χ3n) is 3.84. The van der Waals surface area contributed by atoms with Crippen LogP contribution < -0.4 is 10.1 Å². The smallest absolute Gasteiger partial charge is 0.328 e. The number of aliphatic carboxylic acids is 1. The number of para-hydroxylation sites is 1. The molecule has 8 nitrogen and oxygen atoms in total. The highest BCUT2D eigenvalue weighted by molar-refractivity contribution is 6.04. The first-order valence-electron chi connectivity index (χ1n) is 7.21. The van der Waals surface area contributed by atoms with E-state index in [4.69, 9.17) is 9.47 Å². The Labute approximate surface area is 132 Å². The molecule has 0 saturated carbocycles. The zero-order valence-electron chi connectivity index (χ0n) is 12.4. The number of rotatable bonds is 2. The number of carboxylic acid groups (broad SMARTS) is 1. The van der Waals surface area contributed by atoms with Gasteiger partial charge in [-0.05, 0) is 19.1 Å². The monoisotopic (exact) mass is 320 g/mol. The number of fused-ring (bicyclic) bond motifs is 1. The fourth-order valence-corrected chi connectivity index (χ4v) is 2.60. The molecule has 2 aliphatic heterocycles. The lowest BCUT2D eigenvalue weighted by molar-refractivity contribution is -0.147. The third-order valence-corrected chi connectivity index (χ3v) is 3.84. The van der Waals surface area contributed by atoms with Crippen LogP contribution in [-0.4, -0.2) is 59.7 Å². The molecule has 23 heavy (non-hydrogen) atoms. The second-order valence-corrected chi connectivity index (χ2v) is 5.36. The third kappa shape index (κ3) is 2.72. The number of ether oxygens (including phenoxy) is 2. The molecule has 8 heteroatoms. The van der Waals surface area contributed by atoms with Gasteiger partial charge in [0.1, 0.15) is 0 Å². The molecular weight excluding hydrogens is 304 g/mol. The summed E-state index contributed by atoms with van der Waals surface area (Å²) in [7, 11) is 0. The van der Waals surface area contributed by atoms with Gasteiger partial charge in [0, 0.05) is 6.54 Å². The summed E-state index contributed by atoms with van der Waals surface area (Å²) in [6, 6.07) is 3.76. The number of nitrogens with zero attached hydrogens (tertiary/aromatic N) is 1. The standard InChI is InChI=1S/C15H16N2O6/c1-8-13(18)16-10-4-2-3-9(12(10)23-8)14(19)17-5-6-22-7-11(17)15(20)21/h2-4,8,11H,5-7H2,1H3,(H,16,18)(H,20,21)/t8-,11+/m0/s1. The highest BCUT2D eigenvalue weighted by atomic mass is 16.5. The molecule has 3 rings (SSSR count). The number of hydrogen-bond acceptors (Lipinski definition) is 5. The van der Waals surface area contributed by atoms with E-state index in [1.165, 1.54) is 4.90 Å². The molecule has 1 aromatic rings. The molecule has 0 aliphatic carbocycles. The first-order chi connectivity index (χ1) is 11.0. The summed E-state index contributed by atoms with van der Waals surface area (Å²) in [6.45, 7) is 1.98. The molecular formula is C15H16N2O6. The normalized spacial score (nSPS) is 23.5. The van der Waals surface area contributed by atoms with Crippen molar-refractivity contribution < 1.29 is 29.0 Å². The topological polar surface area (TPSA) is 105 Å². The fourth-order valence-electron chi connectivity index (χ4n) is 2.60. The Hall–Kier alpha value is -2.61. The minimum Gasteiger partial charge on any atom is -0.480 e. The molecule has 2 aliphatic rings. The predicted molar refractivity (Wildman–Crippen MR) is 78.4 cm³/mol. The molecule has 0 aromatic heterocycles. The fraction of sp³-hybridized carbons (Fsp3) is 0.400. The molecule has 0 unspecified atom stereocenters.